The number of nitrogens with one attached hydrogen (secondary N) is 6. The molecule has 10 N–H and O–H groups in total. The van der Waals surface area contributed by atoms with Gasteiger partial charge in [-0.2, -0.15) is 11.8 Å². The number of para-hydroxylation sites is 1. The van der Waals surface area contributed by atoms with Gasteiger partial charge in [0.05, 0.1) is 13.0 Å². The molecule has 0 fully saturated rings. The molecule has 292 valence electrons. The van der Waals surface area contributed by atoms with E-state index in [1.165, 1.54) is 23.9 Å². The fourth-order valence-corrected chi connectivity index (χ4v) is 5.71. The van der Waals surface area contributed by atoms with Crippen LogP contribution in [0.1, 0.15) is 44.7 Å². The maximum atomic E-state index is 13.9. The fourth-order valence-electron chi connectivity index (χ4n) is 5.24. The molecule has 0 radical (unpaired) electrons. The molecule has 6 amide bonds. The van der Waals surface area contributed by atoms with Crippen LogP contribution in [0.2, 0.25) is 0 Å². The van der Waals surface area contributed by atoms with Crippen molar-refractivity contribution in [3.05, 3.63) is 65.9 Å². The molecule has 4 atom stereocenters. The van der Waals surface area contributed by atoms with Crippen LogP contribution in [0.4, 0.5) is 4.79 Å². The maximum absolute atomic E-state index is 13.9. The number of phenolic OH excluding ortho intramolecular Hbond substituents is 1. The Balaban J connectivity index is 1.81. The molecule has 0 saturated heterocycles. The summed E-state index contributed by atoms with van der Waals surface area (Å²) in [6.45, 7) is 4.36. The molecule has 1 heterocycles. The van der Waals surface area contributed by atoms with Crippen LogP contribution in [0.3, 0.4) is 0 Å². The maximum Gasteiger partial charge on any atom is 0.408 e. The van der Waals surface area contributed by atoms with Gasteiger partial charge < -0.3 is 52.3 Å². The highest BCUT2D eigenvalue weighted by Gasteiger charge is 2.31. The van der Waals surface area contributed by atoms with E-state index in [4.69, 9.17) is 15.6 Å². The van der Waals surface area contributed by atoms with Crippen molar-refractivity contribution in [2.45, 2.75) is 76.2 Å². The number of aromatic nitrogens is 1. The molecule has 0 aliphatic heterocycles. The zero-order valence-electron chi connectivity index (χ0n) is 30.4. The molecule has 54 heavy (non-hydrogen) atoms. The summed E-state index contributed by atoms with van der Waals surface area (Å²) in [5, 5.41) is 32.1. The molecule has 17 nitrogen and oxygen atoms in total. The molecule has 3 rings (SSSR count). The Hall–Kier alpha value is -5.78. The van der Waals surface area contributed by atoms with Gasteiger partial charge in [0.2, 0.25) is 29.5 Å². The quantitative estimate of drug-likeness (QED) is 0.0824. The average molecular weight is 770 g/mol. The van der Waals surface area contributed by atoms with Crippen molar-refractivity contribution in [3.8, 4) is 5.75 Å². The van der Waals surface area contributed by atoms with E-state index in [2.05, 4.69) is 31.6 Å². The van der Waals surface area contributed by atoms with E-state index in [9.17, 15) is 38.7 Å². The lowest BCUT2D eigenvalue weighted by Gasteiger charge is -2.25. The van der Waals surface area contributed by atoms with Gasteiger partial charge in [-0.15, -0.1) is 0 Å². The number of carboxylic acids is 1. The normalized spacial score (nSPS) is 13.4. The first-order chi connectivity index (χ1) is 25.4. The van der Waals surface area contributed by atoms with E-state index >= 15 is 0 Å². The second kappa shape index (κ2) is 19.9. The van der Waals surface area contributed by atoms with Crippen molar-refractivity contribution >= 4 is 64.3 Å². The number of hydrogen-bond acceptors (Lipinski definition) is 10. The van der Waals surface area contributed by atoms with Crippen LogP contribution in [0.25, 0.3) is 10.9 Å². The van der Waals surface area contributed by atoms with Crippen LogP contribution in [0, 0.1) is 0 Å². The SMILES string of the molecule is CSCC[C@H](NC(=O)[C@H](Cc1c[nH]c2ccccc12)NC(=O)CNC(=O)[C@H](Cc1ccc(O)cc1)NC(=O)OC(C)(C)C)C(=O)N[C@@H](CC(=O)O)C(N)=O. The number of benzene rings is 2. The van der Waals surface area contributed by atoms with Gasteiger partial charge in [-0.3, -0.25) is 28.8 Å². The third kappa shape index (κ3) is 14.0. The van der Waals surface area contributed by atoms with Crippen molar-refractivity contribution in [1.82, 2.24) is 31.6 Å². The van der Waals surface area contributed by atoms with Crippen LogP contribution in [-0.4, -0.2) is 105 Å². The number of carbonyl (C=O) groups is 7. The summed E-state index contributed by atoms with van der Waals surface area (Å²) in [6.07, 6.45) is 1.86. The van der Waals surface area contributed by atoms with Crippen molar-refractivity contribution in [1.29, 1.82) is 0 Å². The van der Waals surface area contributed by atoms with Crippen molar-refractivity contribution in [3.63, 3.8) is 0 Å². The van der Waals surface area contributed by atoms with Crippen molar-refractivity contribution in [2.24, 2.45) is 5.73 Å². The Kier molecular flexibility index (Phi) is 15.7. The van der Waals surface area contributed by atoms with Crippen LogP contribution >= 0.6 is 11.8 Å². The van der Waals surface area contributed by atoms with Gasteiger partial charge in [0.25, 0.3) is 0 Å². The predicted molar refractivity (Wildman–Crippen MR) is 200 cm³/mol. The smallest absolute Gasteiger partial charge is 0.408 e. The van der Waals surface area contributed by atoms with E-state index in [-0.39, 0.29) is 25.0 Å². The van der Waals surface area contributed by atoms with E-state index in [0.717, 1.165) is 10.9 Å². The van der Waals surface area contributed by atoms with E-state index in [1.54, 1.807) is 51.4 Å². The minimum Gasteiger partial charge on any atom is -0.508 e. The number of thioether (sulfide) groups is 1. The lowest BCUT2D eigenvalue weighted by Crippen LogP contribution is -2.58. The summed E-state index contributed by atoms with van der Waals surface area (Å²) in [5.74, 6) is -5.16. The molecule has 18 heteroatoms. The highest BCUT2D eigenvalue weighted by molar-refractivity contribution is 7.98. The van der Waals surface area contributed by atoms with E-state index < -0.39 is 84.3 Å². The summed E-state index contributed by atoms with van der Waals surface area (Å²) >= 11 is 1.38. The third-order valence-corrected chi connectivity index (χ3v) is 8.48. The Morgan fingerprint density at radius 3 is 2.09 bits per heavy atom. The van der Waals surface area contributed by atoms with E-state index in [1.807, 2.05) is 18.2 Å². The van der Waals surface area contributed by atoms with Gasteiger partial charge in [0, 0.05) is 29.9 Å². The van der Waals surface area contributed by atoms with Gasteiger partial charge in [-0.25, -0.2) is 4.79 Å². The van der Waals surface area contributed by atoms with Gasteiger partial charge in [-0.05, 0) is 68.5 Å². The number of aromatic hydroxyl groups is 1. The zero-order chi connectivity index (χ0) is 40.0. The topological polar surface area (TPSA) is 271 Å². The molecular weight excluding hydrogens is 723 g/mol. The molecule has 0 spiro atoms. The second-order valence-electron chi connectivity index (χ2n) is 13.4. The largest absolute Gasteiger partial charge is 0.508 e. The molecule has 0 saturated carbocycles. The molecule has 0 bridgehead atoms. The molecule has 0 aliphatic carbocycles. The summed E-state index contributed by atoms with van der Waals surface area (Å²) in [6, 6.07) is 8.03. The third-order valence-electron chi connectivity index (χ3n) is 7.84. The van der Waals surface area contributed by atoms with Gasteiger partial charge in [0.1, 0.15) is 35.5 Å². The Bertz CT molecular complexity index is 1810. The molecule has 1 aromatic heterocycles. The number of carbonyl (C=O) groups excluding carboxylic acids is 6. The first kappa shape index (κ1) is 42.6. The lowest BCUT2D eigenvalue weighted by molar-refractivity contribution is -0.140. The first-order valence-corrected chi connectivity index (χ1v) is 18.4. The van der Waals surface area contributed by atoms with Crippen LogP contribution in [-0.2, 0) is 46.3 Å². The molecular formula is C36H47N7O10S. The highest BCUT2D eigenvalue weighted by Crippen LogP contribution is 2.19. The fraction of sp³-hybridized carbons (Fsp3) is 0.417. The number of primary amides is 1. The Morgan fingerprint density at radius 2 is 1.46 bits per heavy atom. The number of H-pyrrole nitrogens is 1. The predicted octanol–water partition coefficient (Wildman–Crippen LogP) is 0.836. The number of alkyl carbamates (subject to hydrolysis) is 1. The second-order valence-corrected chi connectivity index (χ2v) is 14.4. The number of aromatic amines is 1. The number of carboxylic acid groups (broad SMARTS) is 1. The Morgan fingerprint density at radius 1 is 0.833 bits per heavy atom. The van der Waals surface area contributed by atoms with Crippen LogP contribution in [0.5, 0.6) is 5.75 Å². The zero-order valence-corrected chi connectivity index (χ0v) is 31.2. The van der Waals surface area contributed by atoms with Gasteiger partial charge in [-0.1, -0.05) is 30.3 Å². The summed E-state index contributed by atoms with van der Waals surface area (Å²) in [5.41, 5.74) is 6.46. The number of amides is 6. The number of nitrogens with two attached hydrogens (primary N) is 1. The molecule has 2 aromatic carbocycles. The van der Waals surface area contributed by atoms with E-state index in [0.29, 0.717) is 16.9 Å². The van der Waals surface area contributed by atoms with Gasteiger partial charge >= 0.3 is 12.1 Å². The highest BCUT2D eigenvalue weighted by atomic mass is 32.2. The number of phenols is 1. The summed E-state index contributed by atoms with van der Waals surface area (Å²) in [7, 11) is 0. The summed E-state index contributed by atoms with van der Waals surface area (Å²) in [4.78, 5) is 92.6. The number of ether oxygens (including phenoxy) is 1. The van der Waals surface area contributed by atoms with Crippen LogP contribution in [0.15, 0.2) is 54.7 Å². The Labute approximate surface area is 315 Å². The lowest BCUT2D eigenvalue weighted by atomic mass is 10.0. The average Bonchev–Trinajstić information content (AvgIpc) is 3.50. The molecule has 0 aliphatic rings. The molecule has 3 aromatic rings. The van der Waals surface area contributed by atoms with Crippen molar-refractivity contribution < 1.29 is 48.5 Å². The first-order valence-electron chi connectivity index (χ1n) is 17.0. The summed E-state index contributed by atoms with van der Waals surface area (Å²) < 4.78 is 5.31. The minimum atomic E-state index is -1.53. The number of aliphatic carboxylic acids is 1. The standard InChI is InChI=1S/C36H47N7O10S/c1-36(2,3)53-35(52)43-27(15-20-9-11-22(44)12-10-20)32(49)39-19-29(45)40-28(16-21-18-38-24-8-6-5-7-23(21)24)34(51)41-25(13-14-54-4)33(50)42-26(31(37)48)17-30(46)47/h5-12,18,25-28,38,44H,13-17,19H2,1-4H3,(H2,37,48)(H,39,49)(H,40,45)(H,41,51)(H,42,50)(H,43,52)(H,46,47)/t25-,26-,27-,28-/m0/s1. The van der Waals surface area contributed by atoms with Crippen LogP contribution < -0.4 is 32.3 Å². The molecule has 0 unspecified atom stereocenters. The minimum absolute atomic E-state index is 0.00648. The van der Waals surface area contributed by atoms with Crippen molar-refractivity contribution in [2.75, 3.05) is 18.6 Å². The number of fused-ring (bicyclic) bond motifs is 1. The number of rotatable bonds is 19. The van der Waals surface area contributed by atoms with Gasteiger partial charge in [0.15, 0.2) is 0 Å². The number of hydrogen-bond donors (Lipinski definition) is 9. The monoisotopic (exact) mass is 769 g/mol.